The summed E-state index contributed by atoms with van der Waals surface area (Å²) in [5, 5.41) is 16.1. The van der Waals surface area contributed by atoms with Gasteiger partial charge in [0.15, 0.2) is 12.4 Å². The van der Waals surface area contributed by atoms with Crippen molar-refractivity contribution in [1.29, 1.82) is 0 Å². The van der Waals surface area contributed by atoms with Crippen LogP contribution in [0.15, 0.2) is 59.2 Å². The van der Waals surface area contributed by atoms with Gasteiger partial charge in [0, 0.05) is 4.47 Å². The van der Waals surface area contributed by atoms with Gasteiger partial charge in [-0.15, -0.1) is 0 Å². The lowest BCUT2D eigenvalue weighted by molar-refractivity contribution is -0.119. The second-order valence-electron chi connectivity index (χ2n) is 5.39. The molecule has 1 amide bonds. The number of ether oxygens (including phenoxy) is 1. The molecule has 0 aliphatic heterocycles. The van der Waals surface area contributed by atoms with Crippen LogP contribution in [0.3, 0.4) is 0 Å². The SMILES string of the molecule is O=C(COC(=O)c1nn(-c2ccccc2)cc1O)Nc1ccc(Br)cc1F. The van der Waals surface area contributed by atoms with E-state index >= 15 is 0 Å². The van der Waals surface area contributed by atoms with Crippen LogP contribution < -0.4 is 5.32 Å². The van der Waals surface area contributed by atoms with Gasteiger partial charge in [-0.1, -0.05) is 34.1 Å². The molecule has 0 atom stereocenters. The Morgan fingerprint density at radius 1 is 1.22 bits per heavy atom. The van der Waals surface area contributed by atoms with Gasteiger partial charge in [0.2, 0.25) is 5.69 Å². The number of hydrogen-bond donors (Lipinski definition) is 2. The van der Waals surface area contributed by atoms with Crippen LogP contribution in [0, 0.1) is 5.82 Å². The van der Waals surface area contributed by atoms with Gasteiger partial charge in [-0.2, -0.15) is 5.10 Å². The minimum absolute atomic E-state index is 0.0459. The number of carbonyl (C=O) groups excluding carboxylic acids is 2. The Labute approximate surface area is 161 Å². The number of rotatable bonds is 5. The van der Waals surface area contributed by atoms with E-state index in [1.165, 1.54) is 23.0 Å². The van der Waals surface area contributed by atoms with Crippen molar-refractivity contribution in [1.82, 2.24) is 9.78 Å². The highest BCUT2D eigenvalue weighted by Crippen LogP contribution is 2.20. The summed E-state index contributed by atoms with van der Waals surface area (Å²) < 4.78 is 20.4. The monoisotopic (exact) mass is 433 g/mol. The molecular weight excluding hydrogens is 421 g/mol. The van der Waals surface area contributed by atoms with Gasteiger partial charge in [0.05, 0.1) is 17.6 Å². The fourth-order valence-corrected chi connectivity index (χ4v) is 2.53. The van der Waals surface area contributed by atoms with Crippen LogP contribution >= 0.6 is 15.9 Å². The van der Waals surface area contributed by atoms with E-state index in [9.17, 15) is 19.1 Å². The van der Waals surface area contributed by atoms with Gasteiger partial charge in [0.1, 0.15) is 5.82 Å². The van der Waals surface area contributed by atoms with Crippen LogP contribution in [-0.2, 0) is 9.53 Å². The van der Waals surface area contributed by atoms with Gasteiger partial charge < -0.3 is 15.2 Å². The zero-order chi connectivity index (χ0) is 19.4. The maximum Gasteiger partial charge on any atom is 0.363 e. The number of aromatic hydroxyl groups is 1. The summed E-state index contributed by atoms with van der Waals surface area (Å²) in [4.78, 5) is 23.9. The second kappa shape index (κ2) is 8.00. The van der Waals surface area contributed by atoms with Crippen molar-refractivity contribution < 1.29 is 23.8 Å². The summed E-state index contributed by atoms with van der Waals surface area (Å²) >= 11 is 3.11. The smallest absolute Gasteiger partial charge is 0.363 e. The highest BCUT2D eigenvalue weighted by molar-refractivity contribution is 9.10. The van der Waals surface area contributed by atoms with Crippen molar-refractivity contribution in [3.05, 3.63) is 70.7 Å². The highest BCUT2D eigenvalue weighted by atomic mass is 79.9. The standard InChI is InChI=1S/C18H13BrFN3O4/c19-11-6-7-14(13(20)8-11)21-16(25)10-27-18(26)17-15(24)9-23(22-17)12-4-2-1-3-5-12/h1-9,24H,10H2,(H,21,25). The summed E-state index contributed by atoms with van der Waals surface area (Å²) in [5.41, 5.74) is 0.257. The predicted octanol–water partition coefficient (Wildman–Crippen LogP) is 3.28. The summed E-state index contributed by atoms with van der Waals surface area (Å²) in [6.45, 7) is -0.661. The molecule has 1 aromatic heterocycles. The van der Waals surface area contributed by atoms with Crippen molar-refractivity contribution in [3.8, 4) is 11.4 Å². The molecule has 7 nitrogen and oxygen atoms in total. The number of amides is 1. The molecule has 0 spiro atoms. The maximum absolute atomic E-state index is 13.7. The number of para-hydroxylation sites is 1. The molecular formula is C18H13BrFN3O4. The number of anilines is 1. The molecule has 2 aromatic carbocycles. The summed E-state index contributed by atoms with van der Waals surface area (Å²) in [6.07, 6.45) is 1.25. The predicted molar refractivity (Wildman–Crippen MR) is 98.2 cm³/mol. The van der Waals surface area contributed by atoms with Crippen molar-refractivity contribution in [2.24, 2.45) is 0 Å². The normalized spacial score (nSPS) is 10.4. The minimum Gasteiger partial charge on any atom is -0.504 e. The Balaban J connectivity index is 1.62. The summed E-state index contributed by atoms with van der Waals surface area (Å²) in [6, 6.07) is 13.0. The Kier molecular flexibility index (Phi) is 5.51. The Morgan fingerprint density at radius 3 is 2.67 bits per heavy atom. The molecule has 3 aromatic rings. The molecule has 0 bridgehead atoms. The van der Waals surface area contributed by atoms with Crippen LogP contribution in [0.4, 0.5) is 10.1 Å². The zero-order valence-electron chi connectivity index (χ0n) is 13.7. The highest BCUT2D eigenvalue weighted by Gasteiger charge is 2.20. The van der Waals surface area contributed by atoms with E-state index in [1.54, 1.807) is 30.3 Å². The van der Waals surface area contributed by atoms with Crippen LogP contribution in [0.25, 0.3) is 5.69 Å². The first-order valence-electron chi connectivity index (χ1n) is 7.70. The Bertz CT molecular complexity index is 992. The fraction of sp³-hybridized carbons (Fsp3) is 0.0556. The third kappa shape index (κ3) is 4.50. The molecule has 9 heteroatoms. The fourth-order valence-electron chi connectivity index (χ4n) is 2.20. The number of nitrogens with one attached hydrogen (secondary N) is 1. The Morgan fingerprint density at radius 2 is 1.96 bits per heavy atom. The maximum atomic E-state index is 13.7. The van der Waals surface area contributed by atoms with Gasteiger partial charge in [-0.3, -0.25) is 4.79 Å². The molecule has 0 aliphatic rings. The number of nitrogens with zero attached hydrogens (tertiary/aromatic N) is 2. The topological polar surface area (TPSA) is 93.5 Å². The quantitative estimate of drug-likeness (QED) is 0.602. The second-order valence-corrected chi connectivity index (χ2v) is 6.31. The third-order valence-electron chi connectivity index (χ3n) is 3.45. The Hall–Kier alpha value is -3.20. The largest absolute Gasteiger partial charge is 0.504 e. The average Bonchev–Trinajstić information content (AvgIpc) is 3.05. The summed E-state index contributed by atoms with van der Waals surface area (Å²) in [7, 11) is 0. The first kappa shape index (κ1) is 18.6. The van der Waals surface area contributed by atoms with Gasteiger partial charge in [0.25, 0.3) is 5.91 Å². The van der Waals surface area contributed by atoms with E-state index < -0.39 is 24.3 Å². The van der Waals surface area contributed by atoms with E-state index in [0.717, 1.165) is 0 Å². The van der Waals surface area contributed by atoms with Crippen LogP contribution in [0.5, 0.6) is 5.75 Å². The summed E-state index contributed by atoms with van der Waals surface area (Å²) in [5.74, 6) is -2.73. The van der Waals surface area contributed by atoms with Crippen molar-refractivity contribution in [3.63, 3.8) is 0 Å². The van der Waals surface area contributed by atoms with E-state index in [-0.39, 0.29) is 17.1 Å². The van der Waals surface area contributed by atoms with Crippen molar-refractivity contribution in [2.75, 3.05) is 11.9 Å². The molecule has 27 heavy (non-hydrogen) atoms. The average molecular weight is 434 g/mol. The molecule has 0 saturated carbocycles. The van der Waals surface area contributed by atoms with Gasteiger partial charge in [-0.05, 0) is 30.3 Å². The number of carbonyl (C=O) groups is 2. The first-order chi connectivity index (χ1) is 12.9. The van der Waals surface area contributed by atoms with Gasteiger partial charge in [-0.25, -0.2) is 13.9 Å². The van der Waals surface area contributed by atoms with Gasteiger partial charge >= 0.3 is 5.97 Å². The van der Waals surface area contributed by atoms with E-state index in [0.29, 0.717) is 10.2 Å². The lowest BCUT2D eigenvalue weighted by atomic mass is 10.3. The van der Waals surface area contributed by atoms with Crippen molar-refractivity contribution in [2.45, 2.75) is 0 Å². The molecule has 3 rings (SSSR count). The lowest BCUT2D eigenvalue weighted by Gasteiger charge is -2.07. The molecule has 138 valence electrons. The molecule has 1 heterocycles. The van der Waals surface area contributed by atoms with E-state index in [4.69, 9.17) is 4.74 Å². The van der Waals surface area contributed by atoms with E-state index in [1.807, 2.05) is 6.07 Å². The number of esters is 1. The molecule has 0 saturated heterocycles. The first-order valence-corrected chi connectivity index (χ1v) is 8.49. The van der Waals surface area contributed by atoms with E-state index in [2.05, 4.69) is 26.3 Å². The van der Waals surface area contributed by atoms with Crippen LogP contribution in [0.2, 0.25) is 0 Å². The molecule has 2 N–H and O–H groups in total. The zero-order valence-corrected chi connectivity index (χ0v) is 15.3. The number of hydrogen-bond acceptors (Lipinski definition) is 5. The number of aromatic nitrogens is 2. The van der Waals surface area contributed by atoms with Crippen LogP contribution in [-0.4, -0.2) is 33.4 Å². The third-order valence-corrected chi connectivity index (χ3v) is 3.94. The molecule has 0 fully saturated rings. The molecule has 0 aliphatic carbocycles. The lowest BCUT2D eigenvalue weighted by Crippen LogP contribution is -2.21. The molecule has 0 radical (unpaired) electrons. The van der Waals surface area contributed by atoms with Crippen LogP contribution in [0.1, 0.15) is 10.5 Å². The molecule has 0 unspecified atom stereocenters. The van der Waals surface area contributed by atoms with Crippen molar-refractivity contribution >= 4 is 33.5 Å². The number of halogens is 2. The minimum atomic E-state index is -0.978. The number of benzene rings is 2.